The van der Waals surface area contributed by atoms with Gasteiger partial charge in [0.25, 0.3) is 5.91 Å². The largest absolute Gasteiger partial charge is 0.481 e. The number of fused-ring (bicyclic) bond motifs is 1. The van der Waals surface area contributed by atoms with Crippen LogP contribution in [0.25, 0.3) is 5.52 Å². The Labute approximate surface area is 121 Å². The van der Waals surface area contributed by atoms with Crippen LogP contribution in [-0.4, -0.2) is 49.6 Å². The topological polar surface area (TPSA) is 87.8 Å². The Kier molecular flexibility index (Phi) is 3.12. The minimum Gasteiger partial charge on any atom is -0.481 e. The molecule has 1 aliphatic heterocycles. The summed E-state index contributed by atoms with van der Waals surface area (Å²) >= 11 is 0. The van der Waals surface area contributed by atoms with Crippen LogP contribution in [0.15, 0.2) is 24.8 Å². The van der Waals surface area contributed by atoms with Crippen LogP contribution in [0.4, 0.5) is 0 Å². The highest BCUT2D eigenvalue weighted by atomic mass is 16.4. The minimum atomic E-state index is -0.880. The molecule has 1 N–H and O–H groups in total. The van der Waals surface area contributed by atoms with Crippen molar-refractivity contribution < 1.29 is 14.7 Å². The summed E-state index contributed by atoms with van der Waals surface area (Å²) in [5.74, 6) is -1.05. The number of rotatable bonds is 2. The normalized spacial score (nSPS) is 22.4. The van der Waals surface area contributed by atoms with Crippen molar-refractivity contribution in [2.45, 2.75) is 19.8 Å². The number of hydrogen-bond acceptors (Lipinski definition) is 4. The highest BCUT2D eigenvalue weighted by molar-refractivity contribution is 6.00. The maximum absolute atomic E-state index is 12.6. The SMILES string of the molecule is CC1(C(=O)O)CCCN(C(=O)c2cnn3ccncc23)C1. The van der Waals surface area contributed by atoms with Crippen LogP contribution in [0.2, 0.25) is 0 Å². The van der Waals surface area contributed by atoms with E-state index in [0.717, 1.165) is 0 Å². The van der Waals surface area contributed by atoms with Crippen molar-refractivity contribution in [3.63, 3.8) is 0 Å². The first-order chi connectivity index (χ1) is 10.0. The average molecular weight is 288 g/mol. The zero-order chi connectivity index (χ0) is 15.0. The number of amides is 1. The molecule has 7 nitrogen and oxygen atoms in total. The summed E-state index contributed by atoms with van der Waals surface area (Å²) in [6.45, 7) is 2.48. The fourth-order valence-electron chi connectivity index (χ4n) is 2.76. The maximum Gasteiger partial charge on any atom is 0.311 e. The van der Waals surface area contributed by atoms with E-state index >= 15 is 0 Å². The van der Waals surface area contributed by atoms with Crippen LogP contribution in [0.3, 0.4) is 0 Å². The molecule has 21 heavy (non-hydrogen) atoms. The lowest BCUT2D eigenvalue weighted by atomic mass is 9.82. The van der Waals surface area contributed by atoms with E-state index in [4.69, 9.17) is 0 Å². The summed E-state index contributed by atoms with van der Waals surface area (Å²) in [7, 11) is 0. The van der Waals surface area contributed by atoms with E-state index in [9.17, 15) is 14.7 Å². The van der Waals surface area contributed by atoms with Crippen molar-refractivity contribution in [3.05, 3.63) is 30.4 Å². The standard InChI is InChI=1S/C14H16N4O3/c1-14(13(20)21)3-2-5-17(9-14)12(19)10-7-16-18-6-4-15-8-11(10)18/h4,6-8H,2-3,5,9H2,1H3,(H,20,21). The highest BCUT2D eigenvalue weighted by Gasteiger charge is 2.39. The van der Waals surface area contributed by atoms with Crippen LogP contribution < -0.4 is 0 Å². The number of hydrogen-bond donors (Lipinski definition) is 1. The van der Waals surface area contributed by atoms with Gasteiger partial charge in [0.05, 0.1) is 28.9 Å². The average Bonchev–Trinajstić information content (AvgIpc) is 2.90. The molecule has 0 aliphatic carbocycles. The molecule has 0 spiro atoms. The summed E-state index contributed by atoms with van der Waals surface area (Å²) in [6, 6.07) is 0. The molecule has 0 bridgehead atoms. The van der Waals surface area contributed by atoms with Crippen molar-refractivity contribution in [1.29, 1.82) is 0 Å². The summed E-state index contributed by atoms with van der Waals surface area (Å²) in [4.78, 5) is 29.6. The summed E-state index contributed by atoms with van der Waals surface area (Å²) in [5.41, 5.74) is 0.206. The Hall–Kier alpha value is -2.44. The van der Waals surface area contributed by atoms with Crippen molar-refractivity contribution >= 4 is 17.4 Å². The molecule has 110 valence electrons. The molecular weight excluding hydrogens is 272 g/mol. The number of carboxylic acids is 1. The Morgan fingerprint density at radius 2 is 2.19 bits per heavy atom. The van der Waals surface area contributed by atoms with E-state index in [-0.39, 0.29) is 12.5 Å². The molecular formula is C14H16N4O3. The molecule has 3 rings (SSSR count). The second-order valence-electron chi connectivity index (χ2n) is 5.66. The highest BCUT2D eigenvalue weighted by Crippen LogP contribution is 2.30. The number of nitrogens with zero attached hydrogens (tertiary/aromatic N) is 4. The molecule has 7 heteroatoms. The zero-order valence-corrected chi connectivity index (χ0v) is 11.7. The number of aliphatic carboxylic acids is 1. The first-order valence-electron chi connectivity index (χ1n) is 6.81. The first kappa shape index (κ1) is 13.5. The molecule has 1 amide bonds. The van der Waals surface area contributed by atoms with Gasteiger partial charge in [-0.2, -0.15) is 5.10 Å². The quantitative estimate of drug-likeness (QED) is 0.892. The maximum atomic E-state index is 12.6. The van der Waals surface area contributed by atoms with Crippen molar-refractivity contribution in [2.24, 2.45) is 5.41 Å². The Bertz CT molecular complexity index is 711. The minimum absolute atomic E-state index is 0.190. The molecule has 3 heterocycles. The molecule has 1 atom stereocenters. The molecule has 0 saturated carbocycles. The van der Waals surface area contributed by atoms with Gasteiger partial charge >= 0.3 is 5.97 Å². The Balaban J connectivity index is 1.90. The van der Waals surface area contributed by atoms with Gasteiger partial charge in [-0.3, -0.25) is 14.6 Å². The van der Waals surface area contributed by atoms with E-state index < -0.39 is 11.4 Å². The summed E-state index contributed by atoms with van der Waals surface area (Å²) in [6.07, 6.45) is 7.63. The lowest BCUT2D eigenvalue weighted by Crippen LogP contribution is -2.48. The number of carbonyl (C=O) groups is 2. The van der Waals surface area contributed by atoms with E-state index in [1.54, 1.807) is 34.9 Å². The molecule has 0 radical (unpaired) electrons. The predicted molar refractivity (Wildman–Crippen MR) is 73.9 cm³/mol. The third-order valence-electron chi connectivity index (χ3n) is 4.06. The number of piperidine rings is 1. The van der Waals surface area contributed by atoms with Crippen LogP contribution in [-0.2, 0) is 4.79 Å². The first-order valence-corrected chi connectivity index (χ1v) is 6.81. The lowest BCUT2D eigenvalue weighted by molar-refractivity contribution is -0.150. The van der Waals surface area contributed by atoms with Gasteiger partial charge in [-0.05, 0) is 19.8 Å². The number of carboxylic acid groups (broad SMARTS) is 1. The van der Waals surface area contributed by atoms with Gasteiger partial charge in [-0.1, -0.05) is 0 Å². The van der Waals surface area contributed by atoms with Gasteiger partial charge in [-0.25, -0.2) is 4.52 Å². The molecule has 1 fully saturated rings. The molecule has 1 saturated heterocycles. The van der Waals surface area contributed by atoms with Crippen molar-refractivity contribution in [2.75, 3.05) is 13.1 Å². The van der Waals surface area contributed by atoms with Gasteiger partial charge in [-0.15, -0.1) is 0 Å². The van der Waals surface area contributed by atoms with E-state index in [1.165, 1.54) is 6.20 Å². The summed E-state index contributed by atoms with van der Waals surface area (Å²) in [5, 5.41) is 13.5. The van der Waals surface area contributed by atoms with E-state index in [1.807, 2.05) is 0 Å². The number of likely N-dealkylation sites (tertiary alicyclic amines) is 1. The molecule has 2 aromatic rings. The van der Waals surface area contributed by atoms with Gasteiger partial charge in [0, 0.05) is 25.5 Å². The van der Waals surface area contributed by atoms with E-state index in [0.29, 0.717) is 30.5 Å². The van der Waals surface area contributed by atoms with Gasteiger partial charge < -0.3 is 10.0 Å². The fourth-order valence-corrected chi connectivity index (χ4v) is 2.76. The zero-order valence-electron chi connectivity index (χ0n) is 11.7. The third kappa shape index (κ3) is 2.24. The van der Waals surface area contributed by atoms with Crippen LogP contribution in [0.5, 0.6) is 0 Å². The second-order valence-corrected chi connectivity index (χ2v) is 5.66. The van der Waals surface area contributed by atoms with Gasteiger partial charge in [0.1, 0.15) is 0 Å². The van der Waals surface area contributed by atoms with Crippen LogP contribution in [0, 0.1) is 5.41 Å². The third-order valence-corrected chi connectivity index (χ3v) is 4.06. The second kappa shape index (κ2) is 4.83. The van der Waals surface area contributed by atoms with Gasteiger partial charge in [0.2, 0.25) is 0 Å². The Morgan fingerprint density at radius 1 is 1.38 bits per heavy atom. The van der Waals surface area contributed by atoms with E-state index in [2.05, 4.69) is 10.1 Å². The van der Waals surface area contributed by atoms with Crippen LogP contribution in [0.1, 0.15) is 30.1 Å². The lowest BCUT2D eigenvalue weighted by Gasteiger charge is -2.37. The molecule has 1 aliphatic rings. The fraction of sp³-hybridized carbons (Fsp3) is 0.429. The molecule has 0 aromatic carbocycles. The number of carbonyl (C=O) groups excluding carboxylic acids is 1. The molecule has 1 unspecified atom stereocenters. The van der Waals surface area contributed by atoms with Crippen molar-refractivity contribution in [1.82, 2.24) is 19.5 Å². The Morgan fingerprint density at radius 3 is 2.95 bits per heavy atom. The van der Waals surface area contributed by atoms with Crippen molar-refractivity contribution in [3.8, 4) is 0 Å². The predicted octanol–water partition coefficient (Wildman–Crippen LogP) is 1.06. The summed E-state index contributed by atoms with van der Waals surface area (Å²) < 4.78 is 1.58. The smallest absolute Gasteiger partial charge is 0.311 e. The van der Waals surface area contributed by atoms with Gasteiger partial charge in [0.15, 0.2) is 0 Å². The number of aromatic nitrogens is 3. The molecule has 2 aromatic heterocycles. The van der Waals surface area contributed by atoms with Crippen LogP contribution >= 0.6 is 0 Å². The monoisotopic (exact) mass is 288 g/mol.